The first-order chi connectivity index (χ1) is 11.7. The van der Waals surface area contributed by atoms with Crippen molar-refractivity contribution in [1.29, 1.82) is 0 Å². The summed E-state index contributed by atoms with van der Waals surface area (Å²) in [6.07, 6.45) is 1.77. The molecule has 0 amide bonds. The van der Waals surface area contributed by atoms with Gasteiger partial charge in [0.1, 0.15) is 10.8 Å². The summed E-state index contributed by atoms with van der Waals surface area (Å²) in [5.74, 6) is -2.27. The molecular formula is C14H22N2O8S. The number of rotatable bonds is 10. The molecule has 0 bridgehead atoms. The average Bonchev–Trinajstić information content (AvgIpc) is 3.04. The van der Waals surface area contributed by atoms with Gasteiger partial charge in [0.15, 0.2) is 0 Å². The molecular weight excluding hydrogens is 356 g/mol. The Morgan fingerprint density at radius 2 is 2.00 bits per heavy atom. The van der Waals surface area contributed by atoms with Crippen LogP contribution in [0.15, 0.2) is 0 Å². The summed E-state index contributed by atoms with van der Waals surface area (Å²) in [5.41, 5.74) is 0. The Morgan fingerprint density at radius 3 is 2.60 bits per heavy atom. The van der Waals surface area contributed by atoms with Crippen molar-refractivity contribution in [3.8, 4) is 0 Å². The number of thiol groups is 1. The van der Waals surface area contributed by atoms with Crippen LogP contribution in [0.1, 0.15) is 39.0 Å². The van der Waals surface area contributed by atoms with Gasteiger partial charge in [-0.25, -0.2) is 4.79 Å². The number of nitrogens with one attached hydrogen (secondary N) is 1. The molecule has 1 heterocycles. The largest absolute Gasteiger partial charge is 0.466 e. The number of ether oxygens (including phenoxy) is 2. The van der Waals surface area contributed by atoms with Crippen LogP contribution in [-0.4, -0.2) is 53.5 Å². The molecule has 0 aliphatic carbocycles. The second-order valence-corrected chi connectivity index (χ2v) is 6.78. The fourth-order valence-corrected chi connectivity index (χ4v) is 2.27. The second kappa shape index (κ2) is 10.2. The fourth-order valence-electron chi connectivity index (χ4n) is 2.09. The van der Waals surface area contributed by atoms with E-state index in [9.17, 15) is 24.5 Å². The van der Waals surface area contributed by atoms with Gasteiger partial charge < -0.3 is 19.6 Å². The van der Waals surface area contributed by atoms with Crippen molar-refractivity contribution >= 4 is 30.5 Å². The van der Waals surface area contributed by atoms with Crippen molar-refractivity contribution < 1.29 is 33.8 Å². The molecule has 2 atom stereocenters. The van der Waals surface area contributed by atoms with Crippen molar-refractivity contribution in [3.05, 3.63) is 10.1 Å². The Labute approximate surface area is 150 Å². The quantitative estimate of drug-likeness (QED) is 0.138. The number of carbonyl (C=O) groups is 3. The van der Waals surface area contributed by atoms with Crippen molar-refractivity contribution in [2.24, 2.45) is 0 Å². The summed E-state index contributed by atoms with van der Waals surface area (Å²) in [5, 5.41) is 12.0. The summed E-state index contributed by atoms with van der Waals surface area (Å²) in [7, 11) is 0. The second-order valence-electron chi connectivity index (χ2n) is 5.79. The highest BCUT2D eigenvalue weighted by Gasteiger charge is 2.37. The highest BCUT2D eigenvalue weighted by Crippen LogP contribution is 2.22. The van der Waals surface area contributed by atoms with E-state index in [4.69, 9.17) is 9.47 Å². The zero-order valence-electron chi connectivity index (χ0n) is 13.9. The minimum atomic E-state index is -1.50. The molecule has 25 heavy (non-hydrogen) atoms. The lowest BCUT2D eigenvalue weighted by Gasteiger charge is -2.20. The molecule has 0 unspecified atom stereocenters. The van der Waals surface area contributed by atoms with E-state index in [1.165, 1.54) is 6.92 Å². The molecule has 1 aliphatic rings. The fraction of sp³-hybridized carbons (Fsp3) is 0.786. The summed E-state index contributed by atoms with van der Waals surface area (Å²) in [6, 6.07) is -0.513. The monoisotopic (exact) mass is 378 g/mol. The van der Waals surface area contributed by atoms with Crippen LogP contribution in [0, 0.1) is 10.1 Å². The topological polar surface area (TPSA) is 134 Å². The van der Waals surface area contributed by atoms with Gasteiger partial charge in [-0.2, -0.15) is 12.6 Å². The standard InChI is InChI=1S/C14H22N2O8S/c1-14(25,13(19)24-12(18)10-5-4-6-15-10)9-11(17)22-7-2-3-8-23-16(20)21/h10,15,25H,2-9H2,1H3/t10-,14-/m0/s1. The minimum absolute atomic E-state index is 0.0315. The average molecular weight is 378 g/mol. The zero-order valence-corrected chi connectivity index (χ0v) is 14.8. The van der Waals surface area contributed by atoms with Crippen molar-refractivity contribution in [3.63, 3.8) is 0 Å². The minimum Gasteiger partial charge on any atom is -0.466 e. The molecule has 0 aromatic rings. The number of unbranched alkanes of at least 4 members (excludes halogenated alkanes) is 1. The number of esters is 3. The Kier molecular flexibility index (Phi) is 8.62. The normalized spacial score (nSPS) is 18.9. The Bertz CT molecular complexity index is 505. The lowest BCUT2D eigenvalue weighted by molar-refractivity contribution is -0.757. The molecule has 142 valence electrons. The molecule has 1 saturated heterocycles. The highest BCUT2D eigenvalue weighted by molar-refractivity contribution is 7.82. The molecule has 0 aromatic carbocycles. The molecule has 1 rings (SSSR count). The van der Waals surface area contributed by atoms with E-state index in [1.54, 1.807) is 0 Å². The summed E-state index contributed by atoms with van der Waals surface area (Å²) in [4.78, 5) is 49.6. The van der Waals surface area contributed by atoms with Crippen LogP contribution >= 0.6 is 12.6 Å². The van der Waals surface area contributed by atoms with Gasteiger partial charge in [0.25, 0.3) is 5.09 Å². The Hall–Kier alpha value is -1.88. The maximum absolute atomic E-state index is 12.0. The van der Waals surface area contributed by atoms with E-state index in [-0.39, 0.29) is 19.6 Å². The summed E-state index contributed by atoms with van der Waals surface area (Å²) in [6.45, 7) is 1.99. The maximum Gasteiger partial charge on any atom is 0.330 e. The van der Waals surface area contributed by atoms with Gasteiger partial charge in [-0.3, -0.25) is 9.59 Å². The smallest absolute Gasteiger partial charge is 0.330 e. The lowest BCUT2D eigenvalue weighted by atomic mass is 10.1. The molecule has 1 N–H and O–H groups in total. The van der Waals surface area contributed by atoms with Crippen molar-refractivity contribution in [1.82, 2.24) is 5.32 Å². The maximum atomic E-state index is 12.0. The number of hydrogen-bond acceptors (Lipinski definition) is 10. The van der Waals surface area contributed by atoms with Crippen LogP contribution in [0.3, 0.4) is 0 Å². The predicted octanol–water partition coefficient (Wildman–Crippen LogP) is 0.418. The van der Waals surface area contributed by atoms with Gasteiger partial charge in [0.2, 0.25) is 0 Å². The Balaban J connectivity index is 2.27. The zero-order chi connectivity index (χ0) is 18.9. The number of hydrogen-bond donors (Lipinski definition) is 2. The third kappa shape index (κ3) is 8.16. The summed E-state index contributed by atoms with van der Waals surface area (Å²) < 4.78 is 8.20. The van der Waals surface area contributed by atoms with E-state index in [2.05, 4.69) is 22.8 Å². The van der Waals surface area contributed by atoms with Crippen LogP contribution in [0.25, 0.3) is 0 Å². The molecule has 1 fully saturated rings. The molecule has 10 nitrogen and oxygen atoms in total. The molecule has 0 spiro atoms. The van der Waals surface area contributed by atoms with Gasteiger partial charge in [0.05, 0.1) is 19.6 Å². The SMILES string of the molecule is C[C@](S)(CC(=O)OCCCCO[N+](=O)[O-])C(=O)OC(=O)[C@@H]1CCCN1. The van der Waals surface area contributed by atoms with Crippen LogP contribution in [0.2, 0.25) is 0 Å². The molecule has 0 saturated carbocycles. The van der Waals surface area contributed by atoms with Gasteiger partial charge in [-0.05, 0) is 39.2 Å². The molecule has 0 aromatic heterocycles. The molecule has 0 radical (unpaired) electrons. The van der Waals surface area contributed by atoms with Crippen LogP contribution in [0.5, 0.6) is 0 Å². The van der Waals surface area contributed by atoms with Crippen LogP contribution in [-0.2, 0) is 28.7 Å². The summed E-state index contributed by atoms with van der Waals surface area (Å²) >= 11 is 4.10. The number of carbonyl (C=O) groups excluding carboxylic acids is 3. The predicted molar refractivity (Wildman–Crippen MR) is 87.3 cm³/mol. The van der Waals surface area contributed by atoms with Gasteiger partial charge >= 0.3 is 17.9 Å². The molecule has 11 heteroatoms. The van der Waals surface area contributed by atoms with E-state index in [0.717, 1.165) is 6.42 Å². The highest BCUT2D eigenvalue weighted by atomic mass is 32.1. The van der Waals surface area contributed by atoms with E-state index < -0.39 is 33.8 Å². The first-order valence-corrected chi connectivity index (χ1v) is 8.32. The first kappa shape index (κ1) is 21.2. The van der Waals surface area contributed by atoms with E-state index in [1.807, 2.05) is 0 Å². The van der Waals surface area contributed by atoms with Gasteiger partial charge in [-0.1, -0.05) is 0 Å². The van der Waals surface area contributed by atoms with E-state index in [0.29, 0.717) is 25.8 Å². The van der Waals surface area contributed by atoms with Crippen molar-refractivity contribution in [2.75, 3.05) is 19.8 Å². The van der Waals surface area contributed by atoms with Gasteiger partial charge in [0, 0.05) is 0 Å². The van der Waals surface area contributed by atoms with Gasteiger partial charge in [-0.15, -0.1) is 10.1 Å². The first-order valence-electron chi connectivity index (χ1n) is 7.87. The third-order valence-electron chi connectivity index (χ3n) is 3.46. The van der Waals surface area contributed by atoms with E-state index >= 15 is 0 Å². The number of nitrogens with zero attached hydrogens (tertiary/aromatic N) is 1. The third-order valence-corrected chi connectivity index (χ3v) is 3.81. The lowest BCUT2D eigenvalue weighted by Crippen LogP contribution is -2.40. The van der Waals surface area contributed by atoms with Crippen LogP contribution < -0.4 is 5.32 Å². The Morgan fingerprint density at radius 1 is 1.32 bits per heavy atom. The molecule has 1 aliphatic heterocycles. The van der Waals surface area contributed by atoms with Crippen molar-refractivity contribution in [2.45, 2.75) is 49.8 Å². The van der Waals surface area contributed by atoms with Crippen LogP contribution in [0.4, 0.5) is 0 Å².